The number of methoxy groups -OCH3 is 2. The standard InChI is InChI=1S/C21H18ClNO4S/c1-26-16-9-3-13(4-10-16)11-18(24)23-20-19(21(25)27-2)17(12-28-20)14-5-7-15(22)8-6-14/h3-10,12H,11H2,1-2H3,(H,23,24). The van der Waals surface area contributed by atoms with Crippen molar-refractivity contribution < 1.29 is 19.1 Å². The summed E-state index contributed by atoms with van der Waals surface area (Å²) in [5.41, 5.74) is 2.68. The Morgan fingerprint density at radius 2 is 1.71 bits per heavy atom. The van der Waals surface area contributed by atoms with Crippen LogP contribution in [0, 0.1) is 0 Å². The first-order valence-corrected chi connectivity index (χ1v) is 9.66. The highest BCUT2D eigenvalue weighted by Crippen LogP contribution is 2.36. The van der Waals surface area contributed by atoms with Crippen LogP contribution in [-0.2, 0) is 16.0 Å². The van der Waals surface area contributed by atoms with Crippen molar-refractivity contribution in [1.29, 1.82) is 0 Å². The molecule has 2 aromatic carbocycles. The van der Waals surface area contributed by atoms with Crippen molar-refractivity contribution >= 4 is 39.8 Å². The summed E-state index contributed by atoms with van der Waals surface area (Å²) >= 11 is 7.22. The molecule has 0 spiro atoms. The zero-order chi connectivity index (χ0) is 20.1. The molecule has 144 valence electrons. The van der Waals surface area contributed by atoms with Crippen LogP contribution in [0.25, 0.3) is 11.1 Å². The third-order valence-electron chi connectivity index (χ3n) is 4.11. The number of benzene rings is 2. The van der Waals surface area contributed by atoms with Gasteiger partial charge in [-0.1, -0.05) is 35.9 Å². The van der Waals surface area contributed by atoms with Gasteiger partial charge < -0.3 is 14.8 Å². The highest BCUT2D eigenvalue weighted by molar-refractivity contribution is 7.15. The van der Waals surface area contributed by atoms with Crippen LogP contribution in [0.5, 0.6) is 5.75 Å². The maximum Gasteiger partial charge on any atom is 0.341 e. The number of anilines is 1. The molecule has 3 aromatic rings. The van der Waals surface area contributed by atoms with Crippen molar-refractivity contribution in [2.45, 2.75) is 6.42 Å². The van der Waals surface area contributed by atoms with Crippen LogP contribution < -0.4 is 10.1 Å². The molecule has 3 rings (SSSR count). The lowest BCUT2D eigenvalue weighted by atomic mass is 10.0. The van der Waals surface area contributed by atoms with E-state index in [0.29, 0.717) is 21.2 Å². The molecule has 0 bridgehead atoms. The average molecular weight is 416 g/mol. The number of nitrogens with one attached hydrogen (secondary N) is 1. The molecular weight excluding hydrogens is 398 g/mol. The van der Waals surface area contributed by atoms with E-state index in [2.05, 4.69) is 5.32 Å². The highest BCUT2D eigenvalue weighted by Gasteiger charge is 2.22. The fraction of sp³-hybridized carbons (Fsp3) is 0.143. The molecule has 0 aliphatic heterocycles. The van der Waals surface area contributed by atoms with E-state index < -0.39 is 5.97 Å². The van der Waals surface area contributed by atoms with Crippen LogP contribution >= 0.6 is 22.9 Å². The first kappa shape index (κ1) is 19.9. The number of rotatable bonds is 6. The Morgan fingerprint density at radius 1 is 1.04 bits per heavy atom. The van der Waals surface area contributed by atoms with E-state index >= 15 is 0 Å². The van der Waals surface area contributed by atoms with Gasteiger partial charge in [-0.3, -0.25) is 4.79 Å². The quantitative estimate of drug-likeness (QED) is 0.572. The van der Waals surface area contributed by atoms with Gasteiger partial charge in [0.05, 0.1) is 20.6 Å². The molecular formula is C21H18ClNO4S. The fourth-order valence-electron chi connectivity index (χ4n) is 2.70. The van der Waals surface area contributed by atoms with E-state index in [0.717, 1.165) is 16.9 Å². The zero-order valence-electron chi connectivity index (χ0n) is 15.3. The predicted molar refractivity (Wildman–Crippen MR) is 111 cm³/mol. The van der Waals surface area contributed by atoms with E-state index in [4.69, 9.17) is 21.1 Å². The largest absolute Gasteiger partial charge is 0.497 e. The molecule has 0 fully saturated rings. The molecule has 0 unspecified atom stereocenters. The lowest BCUT2D eigenvalue weighted by Crippen LogP contribution is -2.16. The maximum atomic E-state index is 12.5. The third-order valence-corrected chi connectivity index (χ3v) is 5.26. The van der Waals surface area contributed by atoms with Gasteiger partial charge in [-0.2, -0.15) is 0 Å². The second-order valence-corrected chi connectivity index (χ2v) is 7.24. The monoisotopic (exact) mass is 415 g/mol. The Balaban J connectivity index is 1.83. The summed E-state index contributed by atoms with van der Waals surface area (Å²) in [4.78, 5) is 24.8. The van der Waals surface area contributed by atoms with Crippen molar-refractivity contribution in [3.8, 4) is 16.9 Å². The van der Waals surface area contributed by atoms with Gasteiger partial charge in [-0.25, -0.2) is 4.79 Å². The molecule has 1 N–H and O–H groups in total. The first-order chi connectivity index (χ1) is 13.5. The van der Waals surface area contributed by atoms with Crippen LogP contribution in [0.3, 0.4) is 0 Å². The number of halogens is 1. The summed E-state index contributed by atoms with van der Waals surface area (Å²) in [6, 6.07) is 14.4. The van der Waals surface area contributed by atoms with E-state index in [1.54, 1.807) is 31.4 Å². The number of carbonyl (C=O) groups is 2. The molecule has 0 saturated carbocycles. The Bertz CT molecular complexity index is 981. The number of thiophene rings is 1. The molecule has 7 heteroatoms. The molecule has 0 radical (unpaired) electrons. The predicted octanol–water partition coefficient (Wildman–Crippen LogP) is 5.04. The third kappa shape index (κ3) is 4.52. The second-order valence-electron chi connectivity index (χ2n) is 5.93. The Morgan fingerprint density at radius 3 is 2.32 bits per heavy atom. The van der Waals surface area contributed by atoms with Gasteiger partial charge in [0.2, 0.25) is 5.91 Å². The number of hydrogen-bond acceptors (Lipinski definition) is 5. The van der Waals surface area contributed by atoms with Crippen LogP contribution in [0.2, 0.25) is 5.02 Å². The van der Waals surface area contributed by atoms with Gasteiger partial charge in [0.1, 0.15) is 16.3 Å². The Hall–Kier alpha value is -2.83. The van der Waals surface area contributed by atoms with E-state index in [1.165, 1.54) is 18.4 Å². The number of esters is 1. The summed E-state index contributed by atoms with van der Waals surface area (Å²) in [5, 5.41) is 5.70. The van der Waals surface area contributed by atoms with Crippen LogP contribution in [-0.4, -0.2) is 26.1 Å². The molecule has 1 amide bonds. The van der Waals surface area contributed by atoms with Gasteiger partial charge in [0.15, 0.2) is 0 Å². The normalized spacial score (nSPS) is 10.4. The van der Waals surface area contributed by atoms with Crippen LogP contribution in [0.15, 0.2) is 53.9 Å². The van der Waals surface area contributed by atoms with Crippen molar-refractivity contribution in [2.75, 3.05) is 19.5 Å². The minimum absolute atomic E-state index is 0.179. The molecule has 0 saturated heterocycles. The van der Waals surface area contributed by atoms with Gasteiger partial charge >= 0.3 is 5.97 Å². The second kappa shape index (κ2) is 8.91. The SMILES string of the molecule is COC(=O)c1c(-c2ccc(Cl)cc2)csc1NC(=O)Cc1ccc(OC)cc1. The minimum atomic E-state index is -0.508. The summed E-state index contributed by atoms with van der Waals surface area (Å²) in [6.45, 7) is 0. The van der Waals surface area contributed by atoms with E-state index in [1.807, 2.05) is 29.6 Å². The average Bonchev–Trinajstić information content (AvgIpc) is 3.11. The summed E-state index contributed by atoms with van der Waals surface area (Å²) in [6.07, 6.45) is 0.179. The topological polar surface area (TPSA) is 64.6 Å². The smallest absolute Gasteiger partial charge is 0.341 e. The molecule has 5 nitrogen and oxygen atoms in total. The lowest BCUT2D eigenvalue weighted by molar-refractivity contribution is -0.115. The van der Waals surface area contributed by atoms with Crippen LogP contribution in [0.4, 0.5) is 5.00 Å². The number of ether oxygens (including phenoxy) is 2. The van der Waals surface area contributed by atoms with Gasteiger partial charge in [-0.15, -0.1) is 11.3 Å². The number of carbonyl (C=O) groups excluding carboxylic acids is 2. The highest BCUT2D eigenvalue weighted by atomic mass is 35.5. The minimum Gasteiger partial charge on any atom is -0.497 e. The molecule has 0 aliphatic rings. The fourth-order valence-corrected chi connectivity index (χ4v) is 3.80. The molecule has 1 heterocycles. The van der Waals surface area contributed by atoms with E-state index in [9.17, 15) is 9.59 Å². The van der Waals surface area contributed by atoms with Gasteiger partial charge in [0, 0.05) is 16.0 Å². The number of amides is 1. The van der Waals surface area contributed by atoms with Gasteiger partial charge in [-0.05, 0) is 35.4 Å². The molecule has 0 aliphatic carbocycles. The maximum absolute atomic E-state index is 12.5. The van der Waals surface area contributed by atoms with Crippen molar-refractivity contribution in [3.05, 3.63) is 70.1 Å². The summed E-state index contributed by atoms with van der Waals surface area (Å²) in [7, 11) is 2.90. The molecule has 28 heavy (non-hydrogen) atoms. The van der Waals surface area contributed by atoms with Crippen LogP contribution in [0.1, 0.15) is 15.9 Å². The van der Waals surface area contributed by atoms with Crippen molar-refractivity contribution in [2.24, 2.45) is 0 Å². The lowest BCUT2D eigenvalue weighted by Gasteiger charge is -2.08. The summed E-state index contributed by atoms with van der Waals surface area (Å²) in [5.74, 6) is -0.00577. The molecule has 1 aromatic heterocycles. The zero-order valence-corrected chi connectivity index (χ0v) is 16.9. The summed E-state index contributed by atoms with van der Waals surface area (Å²) < 4.78 is 10.0. The number of hydrogen-bond donors (Lipinski definition) is 1. The Kier molecular flexibility index (Phi) is 6.34. The Labute approximate surface area is 171 Å². The van der Waals surface area contributed by atoms with Crippen molar-refractivity contribution in [1.82, 2.24) is 0 Å². The van der Waals surface area contributed by atoms with Crippen molar-refractivity contribution in [3.63, 3.8) is 0 Å². The first-order valence-electron chi connectivity index (χ1n) is 8.40. The van der Waals surface area contributed by atoms with Gasteiger partial charge in [0.25, 0.3) is 0 Å². The molecule has 0 atom stereocenters. The van der Waals surface area contributed by atoms with E-state index in [-0.39, 0.29) is 12.3 Å².